The molecule has 0 amide bonds. The lowest BCUT2D eigenvalue weighted by atomic mass is 10.0. The van der Waals surface area contributed by atoms with E-state index in [9.17, 15) is 0 Å². The Balaban J connectivity index is 1.56. The Bertz CT molecular complexity index is 481. The zero-order valence-electron chi connectivity index (χ0n) is 11.1. The molecule has 1 fully saturated rings. The molecule has 1 N–H and O–H groups in total. The van der Waals surface area contributed by atoms with Crippen molar-refractivity contribution in [1.29, 1.82) is 0 Å². The Kier molecular flexibility index (Phi) is 3.96. The van der Waals surface area contributed by atoms with Crippen LogP contribution in [-0.4, -0.2) is 30.6 Å². The molecule has 1 aromatic carbocycles. The average Bonchev–Trinajstić information content (AvgIpc) is 2.93. The fraction of sp³-hybridized carbons (Fsp3) is 0.375. The minimum atomic E-state index is 0.544. The molecule has 1 saturated heterocycles. The molecular formula is C16H20N2O. The molecule has 100 valence electrons. The largest absolute Gasteiger partial charge is 0.472 e. The lowest BCUT2D eigenvalue weighted by Crippen LogP contribution is -2.51. The van der Waals surface area contributed by atoms with Crippen molar-refractivity contribution < 1.29 is 4.42 Å². The Morgan fingerprint density at radius 3 is 2.84 bits per heavy atom. The van der Waals surface area contributed by atoms with Crippen LogP contribution in [0.3, 0.4) is 0 Å². The lowest BCUT2D eigenvalue weighted by molar-refractivity contribution is 0.191. The molecule has 3 heteroatoms. The number of nitrogens with one attached hydrogen (secondary N) is 1. The van der Waals surface area contributed by atoms with E-state index in [0.717, 1.165) is 32.6 Å². The molecule has 1 atom stereocenters. The molecule has 0 radical (unpaired) electrons. The van der Waals surface area contributed by atoms with Crippen molar-refractivity contribution in [2.24, 2.45) is 0 Å². The van der Waals surface area contributed by atoms with Crippen LogP contribution in [0.15, 0.2) is 53.3 Å². The summed E-state index contributed by atoms with van der Waals surface area (Å²) in [6.07, 6.45) is 4.69. The smallest absolute Gasteiger partial charge is 0.0947 e. The van der Waals surface area contributed by atoms with Crippen LogP contribution in [0.2, 0.25) is 0 Å². The molecule has 1 aromatic heterocycles. The van der Waals surface area contributed by atoms with Gasteiger partial charge in [0.2, 0.25) is 0 Å². The second-order valence-electron chi connectivity index (χ2n) is 5.21. The van der Waals surface area contributed by atoms with Gasteiger partial charge in [-0.05, 0) is 18.1 Å². The minimum absolute atomic E-state index is 0.544. The van der Waals surface area contributed by atoms with Crippen molar-refractivity contribution in [3.63, 3.8) is 0 Å². The van der Waals surface area contributed by atoms with Crippen molar-refractivity contribution in [3.05, 3.63) is 60.1 Å². The van der Waals surface area contributed by atoms with Crippen molar-refractivity contribution >= 4 is 0 Å². The van der Waals surface area contributed by atoms with Crippen LogP contribution in [0.25, 0.3) is 0 Å². The molecular weight excluding hydrogens is 236 g/mol. The standard InChI is InChI=1S/C16H20N2O/c1-2-4-14(5-3-1)10-16-12-18(8-7-17-16)11-15-6-9-19-13-15/h1-6,9,13,16-17H,7-8,10-12H2. The van der Waals surface area contributed by atoms with Crippen molar-refractivity contribution in [3.8, 4) is 0 Å². The Hall–Kier alpha value is -1.58. The van der Waals surface area contributed by atoms with E-state index in [0.29, 0.717) is 6.04 Å². The van der Waals surface area contributed by atoms with Gasteiger partial charge in [0, 0.05) is 37.8 Å². The molecule has 0 aliphatic carbocycles. The Morgan fingerprint density at radius 2 is 2.05 bits per heavy atom. The van der Waals surface area contributed by atoms with Gasteiger partial charge >= 0.3 is 0 Å². The Morgan fingerprint density at radius 1 is 1.16 bits per heavy atom. The van der Waals surface area contributed by atoms with E-state index in [1.807, 2.05) is 12.3 Å². The molecule has 1 aliphatic heterocycles. The van der Waals surface area contributed by atoms with Crippen LogP contribution in [0.5, 0.6) is 0 Å². The fourth-order valence-corrected chi connectivity index (χ4v) is 2.71. The topological polar surface area (TPSA) is 28.4 Å². The maximum absolute atomic E-state index is 5.14. The molecule has 3 nitrogen and oxygen atoms in total. The summed E-state index contributed by atoms with van der Waals surface area (Å²) in [4.78, 5) is 2.50. The van der Waals surface area contributed by atoms with E-state index in [-0.39, 0.29) is 0 Å². The summed E-state index contributed by atoms with van der Waals surface area (Å²) in [6.45, 7) is 4.26. The van der Waals surface area contributed by atoms with Crippen molar-refractivity contribution in [2.75, 3.05) is 19.6 Å². The van der Waals surface area contributed by atoms with Gasteiger partial charge in [-0.25, -0.2) is 0 Å². The zero-order valence-corrected chi connectivity index (χ0v) is 11.1. The second kappa shape index (κ2) is 6.04. The number of nitrogens with zero attached hydrogens (tertiary/aromatic N) is 1. The summed E-state index contributed by atoms with van der Waals surface area (Å²) in [5, 5.41) is 3.61. The maximum Gasteiger partial charge on any atom is 0.0947 e. The first-order valence-corrected chi connectivity index (χ1v) is 6.91. The average molecular weight is 256 g/mol. The third-order valence-corrected chi connectivity index (χ3v) is 3.65. The van der Waals surface area contributed by atoms with Crippen LogP contribution in [0.4, 0.5) is 0 Å². The summed E-state index contributed by atoms with van der Waals surface area (Å²) >= 11 is 0. The highest BCUT2D eigenvalue weighted by Gasteiger charge is 2.19. The summed E-state index contributed by atoms with van der Waals surface area (Å²) < 4.78 is 5.14. The summed E-state index contributed by atoms with van der Waals surface area (Å²) in [6, 6.07) is 13.3. The van der Waals surface area contributed by atoms with Gasteiger partial charge < -0.3 is 9.73 Å². The van der Waals surface area contributed by atoms with E-state index >= 15 is 0 Å². The van der Waals surface area contributed by atoms with Crippen molar-refractivity contribution in [2.45, 2.75) is 19.0 Å². The van der Waals surface area contributed by atoms with Gasteiger partial charge in [-0.15, -0.1) is 0 Å². The van der Waals surface area contributed by atoms with E-state index in [1.165, 1.54) is 11.1 Å². The third-order valence-electron chi connectivity index (χ3n) is 3.65. The molecule has 2 aromatic rings. The zero-order chi connectivity index (χ0) is 12.9. The molecule has 0 bridgehead atoms. The predicted octanol–water partition coefficient (Wildman–Crippen LogP) is 2.30. The van der Waals surface area contributed by atoms with E-state index in [4.69, 9.17) is 4.42 Å². The number of furan rings is 1. The van der Waals surface area contributed by atoms with Crippen LogP contribution >= 0.6 is 0 Å². The molecule has 0 spiro atoms. The van der Waals surface area contributed by atoms with Crippen LogP contribution in [-0.2, 0) is 13.0 Å². The first kappa shape index (κ1) is 12.5. The van der Waals surface area contributed by atoms with Crippen molar-refractivity contribution in [1.82, 2.24) is 10.2 Å². The predicted molar refractivity (Wildman–Crippen MR) is 75.9 cm³/mol. The number of benzene rings is 1. The first-order valence-electron chi connectivity index (χ1n) is 6.91. The third kappa shape index (κ3) is 3.46. The molecule has 19 heavy (non-hydrogen) atoms. The van der Waals surface area contributed by atoms with E-state index in [2.05, 4.69) is 40.5 Å². The van der Waals surface area contributed by atoms with Gasteiger partial charge in [0.1, 0.15) is 0 Å². The maximum atomic E-state index is 5.14. The molecule has 2 heterocycles. The van der Waals surface area contributed by atoms with Gasteiger partial charge in [0.15, 0.2) is 0 Å². The van der Waals surface area contributed by atoms with Gasteiger partial charge in [0.05, 0.1) is 12.5 Å². The minimum Gasteiger partial charge on any atom is -0.472 e. The van der Waals surface area contributed by atoms with Crippen LogP contribution in [0.1, 0.15) is 11.1 Å². The van der Waals surface area contributed by atoms with Gasteiger partial charge in [0.25, 0.3) is 0 Å². The summed E-state index contributed by atoms with van der Waals surface area (Å²) in [5.41, 5.74) is 2.67. The van der Waals surface area contributed by atoms with Gasteiger partial charge in [-0.1, -0.05) is 30.3 Å². The fourth-order valence-electron chi connectivity index (χ4n) is 2.71. The molecule has 0 saturated carbocycles. The second-order valence-corrected chi connectivity index (χ2v) is 5.21. The summed E-state index contributed by atoms with van der Waals surface area (Å²) in [7, 11) is 0. The molecule has 1 unspecified atom stereocenters. The number of hydrogen-bond acceptors (Lipinski definition) is 3. The normalized spacial score (nSPS) is 20.5. The highest BCUT2D eigenvalue weighted by atomic mass is 16.3. The number of hydrogen-bond donors (Lipinski definition) is 1. The number of rotatable bonds is 4. The monoisotopic (exact) mass is 256 g/mol. The van der Waals surface area contributed by atoms with Crippen LogP contribution < -0.4 is 5.32 Å². The highest BCUT2D eigenvalue weighted by Crippen LogP contribution is 2.11. The quantitative estimate of drug-likeness (QED) is 0.910. The van der Waals surface area contributed by atoms with E-state index in [1.54, 1.807) is 6.26 Å². The van der Waals surface area contributed by atoms with Gasteiger partial charge in [-0.3, -0.25) is 4.90 Å². The summed E-state index contributed by atoms with van der Waals surface area (Å²) in [5.74, 6) is 0. The molecule has 1 aliphatic rings. The Labute approximate surface area is 114 Å². The highest BCUT2D eigenvalue weighted by molar-refractivity contribution is 5.16. The van der Waals surface area contributed by atoms with Crippen LogP contribution in [0, 0.1) is 0 Å². The lowest BCUT2D eigenvalue weighted by Gasteiger charge is -2.33. The van der Waals surface area contributed by atoms with Gasteiger partial charge in [-0.2, -0.15) is 0 Å². The first-order chi connectivity index (χ1) is 9.40. The number of piperazine rings is 1. The molecule has 3 rings (SSSR count). The SMILES string of the molecule is c1ccc(CC2CN(Cc3ccoc3)CCN2)cc1. The van der Waals surface area contributed by atoms with E-state index < -0.39 is 0 Å².